The molecule has 0 spiro atoms. The molecule has 0 saturated carbocycles. The molecule has 4 rings (SSSR count). The lowest BCUT2D eigenvalue weighted by atomic mass is 9.95. The fourth-order valence-electron chi connectivity index (χ4n) is 3.86. The van der Waals surface area contributed by atoms with Crippen LogP contribution in [-0.4, -0.2) is 39.0 Å². The molecule has 9 nitrogen and oxygen atoms in total. The lowest BCUT2D eigenvalue weighted by Crippen LogP contribution is -2.30. The monoisotopic (exact) mass is 562 g/mol. The predicted octanol–water partition coefficient (Wildman–Crippen LogP) is 4.85. The van der Waals surface area contributed by atoms with Crippen molar-refractivity contribution >= 4 is 61.2 Å². The molecule has 2 heterocycles. The number of esters is 2. The number of aryl methyl sites for hydroxylation is 1. The molecule has 2 N–H and O–H groups in total. The minimum atomic E-state index is -3.71. The Morgan fingerprint density at radius 1 is 1.05 bits per heavy atom. The molecule has 1 amide bonds. The highest BCUT2D eigenvalue weighted by atomic mass is 32.2. The van der Waals surface area contributed by atoms with E-state index in [9.17, 15) is 22.8 Å². The largest absolute Gasteiger partial charge is 0.462 e. The molecular weight excluding hydrogens is 536 g/mol. The van der Waals surface area contributed by atoms with Gasteiger partial charge in [-0.3, -0.25) is 9.52 Å². The Hall–Kier alpha value is -3.22. The van der Waals surface area contributed by atoms with Crippen molar-refractivity contribution < 1.29 is 32.3 Å². The second-order valence-corrected chi connectivity index (χ2v) is 12.2. The molecule has 0 bridgehead atoms. The van der Waals surface area contributed by atoms with Crippen molar-refractivity contribution in [1.29, 1.82) is 0 Å². The van der Waals surface area contributed by atoms with Crippen LogP contribution >= 0.6 is 22.7 Å². The van der Waals surface area contributed by atoms with E-state index in [4.69, 9.17) is 9.47 Å². The first-order valence-electron chi connectivity index (χ1n) is 11.7. The number of carbonyl (C=O) groups is 3. The van der Waals surface area contributed by atoms with Crippen molar-refractivity contribution in [3.63, 3.8) is 0 Å². The number of benzene rings is 1. The summed E-state index contributed by atoms with van der Waals surface area (Å²) in [5, 5.41) is 4.80. The Bertz CT molecular complexity index is 1390. The number of carbonyl (C=O) groups excluding carboxylic acids is 3. The molecule has 37 heavy (non-hydrogen) atoms. The van der Waals surface area contributed by atoms with Gasteiger partial charge in [0.05, 0.1) is 17.7 Å². The van der Waals surface area contributed by atoms with Crippen LogP contribution < -0.4 is 10.0 Å². The Labute approximate surface area is 222 Å². The van der Waals surface area contributed by atoms with Gasteiger partial charge in [-0.05, 0) is 80.8 Å². The number of fused-ring (bicyclic) bond motifs is 1. The molecule has 0 fully saturated rings. The fourth-order valence-corrected chi connectivity index (χ4v) is 7.20. The SMILES string of the molecule is CCOC(=O)c1c(NC(=O)C(C)OC(=O)c2ccc(NS(=O)(=O)c3cccs3)cc2)sc2c1CCCC2. The Balaban J connectivity index is 1.40. The maximum Gasteiger partial charge on any atom is 0.341 e. The van der Waals surface area contributed by atoms with Crippen LogP contribution in [0.2, 0.25) is 0 Å². The number of rotatable bonds is 9. The van der Waals surface area contributed by atoms with Crippen molar-refractivity contribution in [3.8, 4) is 0 Å². The van der Waals surface area contributed by atoms with E-state index < -0.39 is 34.0 Å². The Morgan fingerprint density at radius 3 is 2.46 bits per heavy atom. The summed E-state index contributed by atoms with van der Waals surface area (Å²) in [5.41, 5.74) is 1.74. The summed E-state index contributed by atoms with van der Waals surface area (Å²) in [6.45, 7) is 3.38. The van der Waals surface area contributed by atoms with Gasteiger partial charge in [-0.2, -0.15) is 0 Å². The first kappa shape index (κ1) is 26.8. The highest BCUT2D eigenvalue weighted by Gasteiger charge is 2.29. The first-order valence-corrected chi connectivity index (χ1v) is 14.9. The standard InChI is InChI=1S/C25H26N2O7S3/c1-3-33-25(30)21-18-7-4-5-8-19(18)36-23(21)26-22(28)15(2)34-24(29)16-10-12-17(13-11-16)27-37(31,32)20-9-6-14-35-20/h6,9-15,27H,3-5,7-8H2,1-2H3,(H,26,28). The average molecular weight is 563 g/mol. The fraction of sp³-hybridized carbons (Fsp3) is 0.320. The van der Waals surface area contributed by atoms with Crippen molar-refractivity contribution in [1.82, 2.24) is 0 Å². The first-order chi connectivity index (χ1) is 17.7. The summed E-state index contributed by atoms with van der Waals surface area (Å²) in [6.07, 6.45) is 2.43. The number of anilines is 2. The molecule has 12 heteroatoms. The Morgan fingerprint density at radius 2 is 1.78 bits per heavy atom. The molecule has 1 unspecified atom stereocenters. The van der Waals surface area contributed by atoms with E-state index in [1.807, 2.05) is 0 Å². The summed E-state index contributed by atoms with van der Waals surface area (Å²) in [6, 6.07) is 8.83. The van der Waals surface area contributed by atoms with Crippen LogP contribution in [0.15, 0.2) is 46.0 Å². The minimum Gasteiger partial charge on any atom is -0.462 e. The molecular formula is C25H26N2O7S3. The third kappa shape index (κ3) is 6.20. The number of ether oxygens (including phenoxy) is 2. The lowest BCUT2D eigenvalue weighted by Gasteiger charge is -2.14. The minimum absolute atomic E-state index is 0.150. The van der Waals surface area contributed by atoms with Gasteiger partial charge in [-0.1, -0.05) is 6.07 Å². The lowest BCUT2D eigenvalue weighted by molar-refractivity contribution is -0.123. The van der Waals surface area contributed by atoms with Gasteiger partial charge < -0.3 is 14.8 Å². The quantitative estimate of drug-likeness (QED) is 0.357. The van der Waals surface area contributed by atoms with E-state index in [0.717, 1.165) is 47.5 Å². The van der Waals surface area contributed by atoms with Crippen LogP contribution in [0.4, 0.5) is 10.7 Å². The maximum atomic E-state index is 12.8. The van der Waals surface area contributed by atoms with Crippen molar-refractivity contribution in [2.75, 3.05) is 16.6 Å². The van der Waals surface area contributed by atoms with E-state index in [2.05, 4.69) is 10.0 Å². The Kier molecular flexibility index (Phi) is 8.30. The second-order valence-electron chi connectivity index (χ2n) is 8.29. The smallest absolute Gasteiger partial charge is 0.341 e. The van der Waals surface area contributed by atoms with Gasteiger partial charge >= 0.3 is 11.9 Å². The van der Waals surface area contributed by atoms with E-state index in [0.29, 0.717) is 10.6 Å². The number of hydrogen-bond acceptors (Lipinski definition) is 9. The van der Waals surface area contributed by atoms with Crippen LogP contribution in [0.1, 0.15) is 57.8 Å². The number of hydrogen-bond donors (Lipinski definition) is 2. The molecule has 0 saturated heterocycles. The van der Waals surface area contributed by atoms with Crippen LogP contribution in [0.25, 0.3) is 0 Å². The number of amides is 1. The molecule has 1 atom stereocenters. The third-order valence-corrected chi connectivity index (χ3v) is 9.66. The number of thiophene rings is 2. The zero-order chi connectivity index (χ0) is 26.6. The van der Waals surface area contributed by atoms with Crippen LogP contribution in [-0.2, 0) is 37.1 Å². The zero-order valence-corrected chi connectivity index (χ0v) is 22.7. The van der Waals surface area contributed by atoms with Crippen molar-refractivity contribution in [2.45, 2.75) is 49.8 Å². The molecule has 1 aliphatic carbocycles. The zero-order valence-electron chi connectivity index (χ0n) is 20.2. The molecule has 0 radical (unpaired) electrons. The predicted molar refractivity (Wildman–Crippen MR) is 142 cm³/mol. The number of sulfonamides is 1. The maximum absolute atomic E-state index is 12.8. The summed E-state index contributed by atoms with van der Waals surface area (Å²) < 4.78 is 37.9. The van der Waals surface area contributed by atoms with Crippen molar-refractivity contribution in [2.24, 2.45) is 0 Å². The second kappa shape index (κ2) is 11.4. The topological polar surface area (TPSA) is 128 Å². The van der Waals surface area contributed by atoms with Gasteiger partial charge in [0.2, 0.25) is 0 Å². The molecule has 1 aliphatic rings. The van der Waals surface area contributed by atoms with E-state index in [-0.39, 0.29) is 22.1 Å². The summed E-state index contributed by atoms with van der Waals surface area (Å²) >= 11 is 2.45. The van der Waals surface area contributed by atoms with Gasteiger partial charge in [0.15, 0.2) is 6.10 Å². The van der Waals surface area contributed by atoms with Gasteiger partial charge in [-0.25, -0.2) is 18.0 Å². The number of nitrogens with one attached hydrogen (secondary N) is 2. The highest BCUT2D eigenvalue weighted by molar-refractivity contribution is 7.94. The summed E-state index contributed by atoms with van der Waals surface area (Å²) in [5.74, 6) is -1.79. The molecule has 0 aliphatic heterocycles. The summed E-state index contributed by atoms with van der Waals surface area (Å²) in [4.78, 5) is 39.1. The van der Waals surface area contributed by atoms with Crippen LogP contribution in [0.3, 0.4) is 0 Å². The summed E-state index contributed by atoms with van der Waals surface area (Å²) in [7, 11) is -3.71. The molecule has 196 valence electrons. The van der Waals surface area contributed by atoms with E-state index in [1.54, 1.807) is 18.4 Å². The van der Waals surface area contributed by atoms with Gasteiger partial charge in [0, 0.05) is 10.6 Å². The van der Waals surface area contributed by atoms with Gasteiger partial charge in [0.1, 0.15) is 9.21 Å². The third-order valence-electron chi connectivity index (χ3n) is 5.67. The van der Waals surface area contributed by atoms with Gasteiger partial charge in [-0.15, -0.1) is 22.7 Å². The van der Waals surface area contributed by atoms with Crippen molar-refractivity contribution in [3.05, 3.63) is 63.3 Å². The molecule has 2 aromatic heterocycles. The molecule has 3 aromatic rings. The van der Waals surface area contributed by atoms with E-state index in [1.165, 1.54) is 48.6 Å². The van der Waals surface area contributed by atoms with Crippen LogP contribution in [0, 0.1) is 0 Å². The molecule has 1 aromatic carbocycles. The van der Waals surface area contributed by atoms with Crippen LogP contribution in [0.5, 0.6) is 0 Å². The van der Waals surface area contributed by atoms with E-state index >= 15 is 0 Å². The highest BCUT2D eigenvalue weighted by Crippen LogP contribution is 2.38. The van der Waals surface area contributed by atoms with Gasteiger partial charge in [0.25, 0.3) is 15.9 Å². The average Bonchev–Trinajstić information content (AvgIpc) is 3.53. The normalized spacial score (nSPS) is 13.8.